The van der Waals surface area contributed by atoms with E-state index in [0.29, 0.717) is 12.1 Å². The van der Waals surface area contributed by atoms with E-state index in [1.165, 1.54) is 11.3 Å². The molecule has 1 N–H and O–H groups in total. The van der Waals surface area contributed by atoms with Crippen molar-refractivity contribution in [2.24, 2.45) is 0 Å². The van der Waals surface area contributed by atoms with Gasteiger partial charge in [0.25, 0.3) is 11.7 Å². The molecule has 1 amide bonds. The lowest BCUT2D eigenvalue weighted by atomic mass is 9.96. The Kier molecular flexibility index (Phi) is 4.54. The number of fused-ring (bicyclic) bond motifs is 1. The SMILES string of the molecule is CCCN1C(=O)C(=O)/C(=C(\O)c2cccc3ccccc23)C1c1cccs1. The second-order valence-electron chi connectivity index (χ2n) is 6.53. The number of rotatable bonds is 4. The summed E-state index contributed by atoms with van der Waals surface area (Å²) in [7, 11) is 0. The van der Waals surface area contributed by atoms with Crippen LogP contribution in [0.1, 0.15) is 29.8 Å². The molecule has 0 bridgehead atoms. The number of hydrogen-bond donors (Lipinski definition) is 1. The van der Waals surface area contributed by atoms with Crippen molar-refractivity contribution in [3.05, 3.63) is 76.0 Å². The molecule has 0 aliphatic carbocycles. The van der Waals surface area contributed by atoms with Crippen LogP contribution in [0.15, 0.2) is 65.6 Å². The van der Waals surface area contributed by atoms with E-state index in [4.69, 9.17) is 0 Å². The van der Waals surface area contributed by atoms with Crippen LogP contribution in [0.5, 0.6) is 0 Å². The van der Waals surface area contributed by atoms with E-state index >= 15 is 0 Å². The molecule has 1 fully saturated rings. The monoisotopic (exact) mass is 377 g/mol. The van der Waals surface area contributed by atoms with Gasteiger partial charge in [0.05, 0.1) is 11.6 Å². The second kappa shape index (κ2) is 7.00. The van der Waals surface area contributed by atoms with Gasteiger partial charge < -0.3 is 10.0 Å². The van der Waals surface area contributed by atoms with E-state index in [-0.39, 0.29) is 11.3 Å². The van der Waals surface area contributed by atoms with Gasteiger partial charge in [-0.1, -0.05) is 55.5 Å². The van der Waals surface area contributed by atoms with Crippen molar-refractivity contribution in [3.8, 4) is 0 Å². The van der Waals surface area contributed by atoms with Crippen LogP contribution in [0.25, 0.3) is 16.5 Å². The Hall–Kier alpha value is -2.92. The van der Waals surface area contributed by atoms with Crippen molar-refractivity contribution >= 4 is 39.6 Å². The quantitative estimate of drug-likeness (QED) is 0.406. The summed E-state index contributed by atoms with van der Waals surface area (Å²) in [5.74, 6) is -1.27. The number of amides is 1. The van der Waals surface area contributed by atoms with Crippen LogP contribution in [-0.2, 0) is 9.59 Å². The normalized spacial score (nSPS) is 19.1. The Morgan fingerprint density at radius 1 is 1.07 bits per heavy atom. The van der Waals surface area contributed by atoms with Crippen LogP contribution in [0, 0.1) is 0 Å². The standard InChI is InChI=1S/C22H19NO3S/c1-2-12-23-19(17-11-6-13-27-17)18(21(25)22(23)26)20(24)16-10-5-8-14-7-3-4-9-15(14)16/h3-11,13,19,24H,2,12H2,1H3/b20-18-. The topological polar surface area (TPSA) is 57.6 Å². The van der Waals surface area contributed by atoms with E-state index < -0.39 is 17.7 Å². The third-order valence-corrected chi connectivity index (χ3v) is 5.79. The van der Waals surface area contributed by atoms with Gasteiger partial charge in [-0.3, -0.25) is 9.59 Å². The van der Waals surface area contributed by atoms with Crippen LogP contribution in [0.4, 0.5) is 0 Å². The summed E-state index contributed by atoms with van der Waals surface area (Å²) in [4.78, 5) is 27.9. The van der Waals surface area contributed by atoms with Crippen molar-refractivity contribution in [2.45, 2.75) is 19.4 Å². The molecule has 1 aliphatic rings. The van der Waals surface area contributed by atoms with E-state index in [1.54, 1.807) is 11.0 Å². The van der Waals surface area contributed by atoms with Gasteiger partial charge in [0.2, 0.25) is 0 Å². The highest BCUT2D eigenvalue weighted by atomic mass is 32.1. The van der Waals surface area contributed by atoms with Crippen molar-refractivity contribution < 1.29 is 14.7 Å². The number of hydrogen-bond acceptors (Lipinski definition) is 4. The molecule has 3 aromatic rings. The fourth-order valence-electron chi connectivity index (χ4n) is 3.67. The Balaban J connectivity index is 1.95. The lowest BCUT2D eigenvalue weighted by molar-refractivity contribution is -0.139. The highest BCUT2D eigenvalue weighted by Gasteiger charge is 2.46. The van der Waals surface area contributed by atoms with Crippen molar-refractivity contribution in [1.82, 2.24) is 4.90 Å². The molecule has 0 spiro atoms. The van der Waals surface area contributed by atoms with E-state index in [2.05, 4.69) is 0 Å². The Bertz CT molecular complexity index is 1050. The van der Waals surface area contributed by atoms with Crippen molar-refractivity contribution in [3.63, 3.8) is 0 Å². The number of thiophene rings is 1. The minimum Gasteiger partial charge on any atom is -0.507 e. The Morgan fingerprint density at radius 3 is 2.59 bits per heavy atom. The Labute approximate surface area is 161 Å². The van der Waals surface area contributed by atoms with Gasteiger partial charge in [-0.2, -0.15) is 0 Å². The number of aliphatic hydroxyl groups is 1. The first-order valence-corrected chi connectivity index (χ1v) is 9.81. The molecule has 2 heterocycles. The zero-order chi connectivity index (χ0) is 19.0. The predicted octanol–water partition coefficient (Wildman–Crippen LogP) is 4.73. The number of ketones is 1. The number of benzene rings is 2. The number of carbonyl (C=O) groups excluding carboxylic acids is 2. The molecule has 1 unspecified atom stereocenters. The zero-order valence-electron chi connectivity index (χ0n) is 14.9. The lowest BCUT2D eigenvalue weighted by Gasteiger charge is -2.23. The largest absolute Gasteiger partial charge is 0.507 e. The highest BCUT2D eigenvalue weighted by molar-refractivity contribution is 7.10. The number of carbonyl (C=O) groups is 2. The van der Waals surface area contributed by atoms with Gasteiger partial charge >= 0.3 is 0 Å². The summed E-state index contributed by atoms with van der Waals surface area (Å²) in [5.41, 5.74) is 0.747. The number of likely N-dealkylation sites (tertiary alicyclic amines) is 1. The molecule has 1 saturated heterocycles. The summed E-state index contributed by atoms with van der Waals surface area (Å²) in [6.07, 6.45) is 0.739. The van der Waals surface area contributed by atoms with Gasteiger partial charge in [0, 0.05) is 17.0 Å². The molecule has 4 rings (SSSR count). The van der Waals surface area contributed by atoms with Crippen LogP contribution in [0.2, 0.25) is 0 Å². The van der Waals surface area contributed by atoms with Crippen molar-refractivity contribution in [2.75, 3.05) is 6.54 Å². The van der Waals surface area contributed by atoms with Gasteiger partial charge in [-0.15, -0.1) is 11.3 Å². The van der Waals surface area contributed by atoms with E-state index in [9.17, 15) is 14.7 Å². The highest BCUT2D eigenvalue weighted by Crippen LogP contribution is 2.41. The molecular weight excluding hydrogens is 358 g/mol. The molecule has 1 atom stereocenters. The average Bonchev–Trinajstić information content (AvgIpc) is 3.30. The molecule has 1 aliphatic heterocycles. The van der Waals surface area contributed by atoms with Crippen LogP contribution < -0.4 is 0 Å². The molecule has 136 valence electrons. The summed E-state index contributed by atoms with van der Waals surface area (Å²) in [6.45, 7) is 2.44. The third kappa shape index (κ3) is 2.84. The third-order valence-electron chi connectivity index (χ3n) is 4.86. The van der Waals surface area contributed by atoms with Crippen LogP contribution in [0.3, 0.4) is 0 Å². The molecular formula is C22H19NO3S. The molecule has 0 saturated carbocycles. The first kappa shape index (κ1) is 17.5. The van der Waals surface area contributed by atoms with Crippen LogP contribution >= 0.6 is 11.3 Å². The molecule has 5 heteroatoms. The maximum atomic E-state index is 12.8. The smallest absolute Gasteiger partial charge is 0.295 e. The minimum absolute atomic E-state index is 0.109. The summed E-state index contributed by atoms with van der Waals surface area (Å²) < 4.78 is 0. The number of Topliss-reactive ketones (excluding diaryl/α,β-unsaturated/α-hetero) is 1. The lowest BCUT2D eigenvalue weighted by Crippen LogP contribution is -2.30. The summed E-state index contributed by atoms with van der Waals surface area (Å²) in [6, 6.07) is 16.5. The second-order valence-corrected chi connectivity index (χ2v) is 7.51. The van der Waals surface area contributed by atoms with Crippen molar-refractivity contribution in [1.29, 1.82) is 0 Å². The average molecular weight is 377 g/mol. The van der Waals surface area contributed by atoms with E-state index in [1.807, 2.05) is 60.8 Å². The van der Waals surface area contributed by atoms with Gasteiger partial charge in [0.1, 0.15) is 5.76 Å². The maximum Gasteiger partial charge on any atom is 0.295 e. The van der Waals surface area contributed by atoms with E-state index in [0.717, 1.165) is 22.1 Å². The molecule has 2 aromatic carbocycles. The summed E-state index contributed by atoms with van der Waals surface area (Å²) in [5, 5.41) is 14.9. The number of aliphatic hydroxyl groups excluding tert-OH is 1. The zero-order valence-corrected chi connectivity index (χ0v) is 15.7. The van der Waals surface area contributed by atoms with Crippen LogP contribution in [-0.4, -0.2) is 28.2 Å². The van der Waals surface area contributed by atoms with Gasteiger partial charge in [-0.05, 0) is 28.6 Å². The first-order valence-electron chi connectivity index (χ1n) is 8.93. The first-order chi connectivity index (χ1) is 13.1. The molecule has 0 radical (unpaired) electrons. The fourth-order valence-corrected chi connectivity index (χ4v) is 4.52. The predicted molar refractivity (Wildman–Crippen MR) is 108 cm³/mol. The molecule has 1 aromatic heterocycles. The maximum absolute atomic E-state index is 12.8. The Morgan fingerprint density at radius 2 is 1.85 bits per heavy atom. The summed E-state index contributed by atoms with van der Waals surface area (Å²) >= 11 is 1.48. The molecule has 27 heavy (non-hydrogen) atoms. The molecule has 4 nitrogen and oxygen atoms in total. The van der Waals surface area contributed by atoms with Gasteiger partial charge in [0.15, 0.2) is 0 Å². The minimum atomic E-state index is -0.618. The number of nitrogens with zero attached hydrogens (tertiary/aromatic N) is 1. The van der Waals surface area contributed by atoms with Gasteiger partial charge in [-0.25, -0.2) is 0 Å². The fraction of sp³-hybridized carbons (Fsp3) is 0.182.